The van der Waals surface area contributed by atoms with Crippen LogP contribution in [0.4, 0.5) is 0 Å². The fourth-order valence-electron chi connectivity index (χ4n) is 7.68. The van der Waals surface area contributed by atoms with E-state index >= 15 is 0 Å². The predicted octanol–water partition coefficient (Wildman–Crippen LogP) is 14.5. The second-order valence-corrected chi connectivity index (χ2v) is 23.3. The van der Waals surface area contributed by atoms with Crippen molar-refractivity contribution in [3.05, 3.63) is 144 Å². The number of benzene rings is 4. The van der Waals surface area contributed by atoms with Gasteiger partial charge in [-0.2, -0.15) is 0 Å². The van der Waals surface area contributed by atoms with Crippen LogP contribution in [0.1, 0.15) is 170 Å². The minimum atomic E-state index is -1.28. The van der Waals surface area contributed by atoms with Crippen molar-refractivity contribution in [1.82, 2.24) is 0 Å². The minimum Gasteiger partial charge on any atom is -0.481 e. The van der Waals surface area contributed by atoms with Gasteiger partial charge in [0.2, 0.25) is 0 Å². The highest BCUT2D eigenvalue weighted by molar-refractivity contribution is 9.09. The number of halogens is 1. The Labute approximate surface area is 570 Å². The van der Waals surface area contributed by atoms with E-state index < -0.39 is 41.2 Å². The van der Waals surface area contributed by atoms with Gasteiger partial charge in [0, 0.05) is 38.4 Å². The summed E-state index contributed by atoms with van der Waals surface area (Å²) in [5.41, 5.74) is 3.38. The van der Waals surface area contributed by atoms with Gasteiger partial charge >= 0.3 is 41.8 Å². The molecule has 530 valence electrons. The lowest BCUT2D eigenvalue weighted by atomic mass is 9.85. The Balaban J connectivity index is 0. The minimum absolute atomic E-state index is 0.0377. The summed E-state index contributed by atoms with van der Waals surface area (Å²) in [5, 5.41) is 18.2. The van der Waals surface area contributed by atoms with Crippen LogP contribution in [0.15, 0.2) is 121 Å². The first-order valence-electron chi connectivity index (χ1n) is 32.9. The Morgan fingerprint density at radius 2 is 0.713 bits per heavy atom. The molecule has 4 aromatic rings. The third kappa shape index (κ3) is 48.2. The zero-order chi connectivity index (χ0) is 70.8. The highest BCUT2D eigenvalue weighted by atomic mass is 79.9. The van der Waals surface area contributed by atoms with Crippen LogP contribution in [0.3, 0.4) is 0 Å². The number of carbonyl (C=O) groups is 7. The third-order valence-corrected chi connectivity index (χ3v) is 13.7. The van der Waals surface area contributed by atoms with Gasteiger partial charge in [-0.15, -0.1) is 0 Å². The topological polar surface area (TPSA) is 252 Å². The molecular weight excluding hydrogens is 1270 g/mol. The molecule has 0 aromatic heterocycles. The molecule has 3 unspecified atom stereocenters. The maximum Gasteiger partial charge on any atom is 0.323 e. The van der Waals surface area contributed by atoms with Crippen molar-refractivity contribution in [1.29, 1.82) is 0 Å². The first-order valence-corrected chi connectivity index (χ1v) is 34.0. The summed E-state index contributed by atoms with van der Waals surface area (Å²) in [7, 11) is 0. The molecule has 4 rings (SSSR count). The van der Waals surface area contributed by atoms with E-state index in [-0.39, 0.29) is 74.9 Å². The zero-order valence-electron chi connectivity index (χ0n) is 58.5. The van der Waals surface area contributed by atoms with Gasteiger partial charge in [0.05, 0.1) is 82.8 Å². The average molecular weight is 1390 g/mol. The number of aliphatic hydroxyl groups excluding tert-OH is 1. The van der Waals surface area contributed by atoms with Crippen LogP contribution in [0.25, 0.3) is 0 Å². The SMILES string of the molecule is BrCCCOCc1ccccc1.CC(C)OC(=O)C(C)CCCO.CC(C)OC(=O)C(C)CCCOCc1ccccc1.CC(CCCOCc1ccccc1)C(=O)O.CCOC(=O)C(C)(CCCOCc1ccccc1)C(=O)OCC.CCOC(=O)C(C)C(=O)OCC. The van der Waals surface area contributed by atoms with Crippen molar-refractivity contribution < 1.29 is 91.1 Å². The highest BCUT2D eigenvalue weighted by Gasteiger charge is 2.43. The molecule has 0 aliphatic heterocycles. The summed E-state index contributed by atoms with van der Waals surface area (Å²) in [6.45, 7) is 28.9. The predicted molar refractivity (Wildman–Crippen MR) is 368 cm³/mol. The summed E-state index contributed by atoms with van der Waals surface area (Å²) in [6, 6.07) is 40.1. The van der Waals surface area contributed by atoms with Gasteiger partial charge in [-0.3, -0.25) is 33.6 Å². The van der Waals surface area contributed by atoms with E-state index in [0.717, 1.165) is 55.4 Å². The summed E-state index contributed by atoms with van der Waals surface area (Å²) < 4.78 is 51.5. The number of carbonyl (C=O) groups excluding carboxylic acids is 6. The second kappa shape index (κ2) is 59.0. The van der Waals surface area contributed by atoms with E-state index in [4.69, 9.17) is 48.1 Å². The maximum atomic E-state index is 12.1. The van der Waals surface area contributed by atoms with Crippen molar-refractivity contribution in [2.24, 2.45) is 29.1 Å². The number of hydrogen-bond acceptors (Lipinski definition) is 18. The molecule has 0 fully saturated rings. The molecular formula is C74H113BrO19. The van der Waals surface area contributed by atoms with E-state index in [1.54, 1.807) is 41.5 Å². The van der Waals surface area contributed by atoms with Crippen LogP contribution in [-0.4, -0.2) is 129 Å². The summed E-state index contributed by atoms with van der Waals surface area (Å²) in [6.07, 6.45) is 6.40. The number of hydrogen-bond donors (Lipinski definition) is 2. The van der Waals surface area contributed by atoms with E-state index in [1.165, 1.54) is 18.1 Å². The molecule has 19 nitrogen and oxygen atoms in total. The highest BCUT2D eigenvalue weighted by Crippen LogP contribution is 2.28. The fraction of sp³-hybridized carbons (Fsp3) is 0.581. The molecule has 0 spiro atoms. The van der Waals surface area contributed by atoms with Crippen molar-refractivity contribution in [2.45, 2.75) is 186 Å². The Bertz CT molecular complexity index is 2480. The lowest BCUT2D eigenvalue weighted by molar-refractivity contribution is -0.171. The van der Waals surface area contributed by atoms with Crippen molar-refractivity contribution in [3.63, 3.8) is 0 Å². The molecule has 0 radical (unpaired) electrons. The normalized spacial score (nSPS) is 11.5. The van der Waals surface area contributed by atoms with E-state index in [0.29, 0.717) is 71.7 Å². The number of alkyl halides is 1. The van der Waals surface area contributed by atoms with Crippen molar-refractivity contribution >= 4 is 57.7 Å². The molecule has 94 heavy (non-hydrogen) atoms. The third-order valence-electron chi connectivity index (χ3n) is 13.1. The van der Waals surface area contributed by atoms with Crippen LogP contribution in [-0.2, 0) is 107 Å². The van der Waals surface area contributed by atoms with Gasteiger partial charge in [-0.05, 0) is 149 Å². The molecule has 0 amide bonds. The molecule has 20 heteroatoms. The average Bonchev–Trinajstić information content (AvgIpc) is 0.910. The standard InChI is InChI=1S/C18H26O5.C16H24O3.C13H18O3.C10H13BrO.C9H18O3.C8H14O4/c1-4-22-16(19)18(3,17(20)23-5-2)12-9-13-21-14-15-10-7-6-8-11-15;1-13(2)19-16(17)14(3)8-7-11-18-12-15-9-5-4-6-10-15;1-11(13(14)15)6-5-9-16-10-12-7-3-2-4-8-12;11-7-4-8-12-9-10-5-2-1-3-6-10;1-7(2)12-9(11)8(3)5-4-6-10;1-4-11-7(9)6(3)8(10)12-5-2/h6-8,10-11H,4-5,9,12-14H2,1-3H3;4-6,9-10,13-14H,7-8,11-12H2,1-3H3;2-4,7-8,11H,5-6,9-10H2,1H3,(H,14,15);1-3,5-6H,4,7-9H2;7-8,10H,4-6H2,1-3H3;6H,4-5H2,1-3H3. The summed E-state index contributed by atoms with van der Waals surface area (Å²) >= 11 is 3.36. The van der Waals surface area contributed by atoms with Gasteiger partial charge < -0.3 is 57.6 Å². The molecule has 4 aromatic carbocycles. The number of aliphatic hydroxyl groups is 1. The van der Waals surface area contributed by atoms with Crippen molar-refractivity contribution in [2.75, 3.05) is 64.8 Å². The van der Waals surface area contributed by atoms with Crippen LogP contribution in [0, 0.1) is 29.1 Å². The Morgan fingerprint density at radius 3 is 1.00 bits per heavy atom. The molecule has 0 bridgehead atoms. The van der Waals surface area contributed by atoms with Gasteiger partial charge in [-0.1, -0.05) is 158 Å². The Kier molecular flexibility index (Phi) is 56.2. The molecule has 0 heterocycles. The summed E-state index contributed by atoms with van der Waals surface area (Å²) in [5.74, 6) is -4.40. The molecule has 0 saturated heterocycles. The van der Waals surface area contributed by atoms with E-state index in [2.05, 4.69) is 37.5 Å². The number of carboxylic acids is 1. The first kappa shape index (κ1) is 89.5. The van der Waals surface area contributed by atoms with Gasteiger partial charge in [0.1, 0.15) is 0 Å². The maximum absolute atomic E-state index is 12.1. The number of carboxylic acid groups (broad SMARTS) is 1. The van der Waals surface area contributed by atoms with Crippen molar-refractivity contribution in [3.8, 4) is 0 Å². The zero-order valence-corrected chi connectivity index (χ0v) is 60.1. The van der Waals surface area contributed by atoms with Crippen LogP contribution >= 0.6 is 15.9 Å². The quantitative estimate of drug-likeness (QED) is 0.0138. The van der Waals surface area contributed by atoms with E-state index in [1.807, 2.05) is 151 Å². The van der Waals surface area contributed by atoms with Gasteiger partial charge in [0.25, 0.3) is 0 Å². The van der Waals surface area contributed by atoms with Crippen LogP contribution in [0.5, 0.6) is 0 Å². The number of rotatable bonds is 39. The lowest BCUT2D eigenvalue weighted by Gasteiger charge is -2.24. The summed E-state index contributed by atoms with van der Waals surface area (Å²) in [4.78, 5) is 79.4. The van der Waals surface area contributed by atoms with E-state index in [9.17, 15) is 33.6 Å². The van der Waals surface area contributed by atoms with Gasteiger partial charge in [-0.25, -0.2) is 0 Å². The van der Waals surface area contributed by atoms with Crippen LogP contribution < -0.4 is 0 Å². The van der Waals surface area contributed by atoms with Crippen LogP contribution in [0.2, 0.25) is 0 Å². The second-order valence-electron chi connectivity index (χ2n) is 22.5. The fourth-order valence-corrected chi connectivity index (χ4v) is 7.91. The first-order chi connectivity index (χ1) is 45.0. The smallest absolute Gasteiger partial charge is 0.323 e. The lowest BCUT2D eigenvalue weighted by Crippen LogP contribution is -2.39. The van der Waals surface area contributed by atoms with Gasteiger partial charge in [0.15, 0.2) is 11.3 Å². The number of aliphatic carboxylic acids is 1. The monoisotopic (exact) mass is 1380 g/mol. The molecule has 3 atom stereocenters. The largest absolute Gasteiger partial charge is 0.481 e. The molecule has 0 saturated carbocycles. The Morgan fingerprint density at radius 1 is 0.415 bits per heavy atom. The number of esters is 6. The number of ether oxygens (including phenoxy) is 10. The molecule has 0 aliphatic carbocycles. The Hall–Kier alpha value is -6.55. The molecule has 0 aliphatic rings. The molecule has 2 N–H and O–H groups in total.